The molecule has 2 rings (SSSR count). The van der Waals surface area contributed by atoms with E-state index in [1.807, 2.05) is 6.20 Å². The number of rotatable bonds is 3. The zero-order valence-electron chi connectivity index (χ0n) is 8.37. The molecule has 1 aromatic rings. The molecule has 1 saturated heterocycles. The molecule has 2 heterocycles. The lowest BCUT2D eigenvalue weighted by Crippen LogP contribution is -2.22. The second-order valence-electron chi connectivity index (χ2n) is 3.77. The Morgan fingerprint density at radius 2 is 2.47 bits per heavy atom. The van der Waals surface area contributed by atoms with Gasteiger partial charge in [0.05, 0.1) is 3.57 Å². The van der Waals surface area contributed by atoms with Gasteiger partial charge in [-0.15, -0.1) is 11.6 Å². The lowest BCUT2D eigenvalue weighted by molar-refractivity contribution is 0.572. The first-order chi connectivity index (χ1) is 7.31. The number of alkyl halides is 1. The number of nitrogens with zero attached hydrogens (tertiary/aromatic N) is 3. The predicted octanol–water partition coefficient (Wildman–Crippen LogP) is 2.54. The zero-order chi connectivity index (χ0) is 10.7. The van der Waals surface area contributed by atoms with Crippen molar-refractivity contribution in [3.05, 3.63) is 16.1 Å². The van der Waals surface area contributed by atoms with Gasteiger partial charge in [-0.2, -0.15) is 0 Å². The Balaban J connectivity index is 2.04. The van der Waals surface area contributed by atoms with E-state index in [0.717, 1.165) is 40.7 Å². The van der Waals surface area contributed by atoms with Crippen molar-refractivity contribution in [1.82, 2.24) is 9.97 Å². The highest BCUT2D eigenvalue weighted by atomic mass is 127. The van der Waals surface area contributed by atoms with Crippen LogP contribution in [0.4, 0.5) is 5.82 Å². The minimum atomic E-state index is 0.730. The maximum Gasteiger partial charge on any atom is 0.145 e. The Morgan fingerprint density at radius 3 is 3.20 bits per heavy atom. The summed E-state index contributed by atoms with van der Waals surface area (Å²) in [5.74, 6) is 2.57. The summed E-state index contributed by atoms with van der Waals surface area (Å²) >= 11 is 8.05. The van der Waals surface area contributed by atoms with E-state index in [4.69, 9.17) is 11.6 Å². The van der Waals surface area contributed by atoms with E-state index in [1.165, 1.54) is 6.42 Å². The molecular formula is C10H13ClIN3. The second-order valence-corrected chi connectivity index (χ2v) is 5.31. The molecular weight excluding hydrogens is 324 g/mol. The van der Waals surface area contributed by atoms with Crippen molar-refractivity contribution in [2.24, 2.45) is 5.92 Å². The average molecular weight is 338 g/mol. The topological polar surface area (TPSA) is 29.0 Å². The smallest absolute Gasteiger partial charge is 0.145 e. The molecule has 3 nitrogen and oxygen atoms in total. The van der Waals surface area contributed by atoms with Crippen molar-refractivity contribution < 1.29 is 0 Å². The van der Waals surface area contributed by atoms with E-state index in [0.29, 0.717) is 0 Å². The molecule has 0 bridgehead atoms. The molecule has 15 heavy (non-hydrogen) atoms. The molecule has 0 radical (unpaired) electrons. The van der Waals surface area contributed by atoms with Gasteiger partial charge in [-0.1, -0.05) is 0 Å². The SMILES string of the molecule is ClCCC1CCN(c2ncncc2I)C1. The van der Waals surface area contributed by atoms with Crippen molar-refractivity contribution in [1.29, 1.82) is 0 Å². The van der Waals surface area contributed by atoms with Crippen LogP contribution in [-0.4, -0.2) is 28.9 Å². The van der Waals surface area contributed by atoms with Gasteiger partial charge in [0.2, 0.25) is 0 Å². The summed E-state index contributed by atoms with van der Waals surface area (Å²) in [6.07, 6.45) is 5.82. The van der Waals surface area contributed by atoms with Gasteiger partial charge < -0.3 is 4.90 Å². The lowest BCUT2D eigenvalue weighted by Gasteiger charge is -2.18. The van der Waals surface area contributed by atoms with Crippen LogP contribution < -0.4 is 4.90 Å². The maximum absolute atomic E-state index is 5.76. The summed E-state index contributed by atoms with van der Waals surface area (Å²) in [4.78, 5) is 10.7. The molecule has 1 aliphatic heterocycles. The van der Waals surface area contributed by atoms with Crippen LogP contribution >= 0.6 is 34.2 Å². The highest BCUT2D eigenvalue weighted by molar-refractivity contribution is 14.1. The summed E-state index contributed by atoms with van der Waals surface area (Å²) in [6.45, 7) is 2.17. The van der Waals surface area contributed by atoms with Gasteiger partial charge in [0.1, 0.15) is 12.1 Å². The largest absolute Gasteiger partial charge is 0.355 e. The Morgan fingerprint density at radius 1 is 1.60 bits per heavy atom. The van der Waals surface area contributed by atoms with Crippen LogP contribution in [0, 0.1) is 9.49 Å². The number of halogens is 2. The number of aromatic nitrogens is 2. The molecule has 1 atom stereocenters. The van der Waals surface area contributed by atoms with Crippen molar-refractivity contribution >= 4 is 40.0 Å². The van der Waals surface area contributed by atoms with Crippen molar-refractivity contribution in [2.75, 3.05) is 23.9 Å². The lowest BCUT2D eigenvalue weighted by atomic mass is 10.1. The minimum Gasteiger partial charge on any atom is -0.355 e. The highest BCUT2D eigenvalue weighted by Crippen LogP contribution is 2.27. The number of hydrogen-bond acceptors (Lipinski definition) is 3. The molecule has 0 spiro atoms. The summed E-state index contributed by atoms with van der Waals surface area (Å²) in [7, 11) is 0. The molecule has 0 saturated carbocycles. The normalized spacial score (nSPS) is 20.9. The molecule has 1 unspecified atom stereocenters. The minimum absolute atomic E-state index is 0.730. The quantitative estimate of drug-likeness (QED) is 0.627. The molecule has 1 aliphatic rings. The molecule has 1 fully saturated rings. The van der Waals surface area contributed by atoms with E-state index >= 15 is 0 Å². The fraction of sp³-hybridized carbons (Fsp3) is 0.600. The molecule has 0 N–H and O–H groups in total. The molecule has 0 aliphatic carbocycles. The predicted molar refractivity (Wildman–Crippen MR) is 70.4 cm³/mol. The van der Waals surface area contributed by atoms with Crippen LogP contribution in [0.5, 0.6) is 0 Å². The second kappa shape index (κ2) is 5.30. The van der Waals surface area contributed by atoms with E-state index in [-0.39, 0.29) is 0 Å². The van der Waals surface area contributed by atoms with Crippen LogP contribution in [0.1, 0.15) is 12.8 Å². The Bertz CT molecular complexity index is 334. The molecule has 0 aromatic carbocycles. The van der Waals surface area contributed by atoms with Crippen molar-refractivity contribution in [3.63, 3.8) is 0 Å². The third kappa shape index (κ3) is 2.72. The van der Waals surface area contributed by atoms with Crippen molar-refractivity contribution in [2.45, 2.75) is 12.8 Å². The molecule has 5 heteroatoms. The Labute approximate surface area is 108 Å². The van der Waals surface area contributed by atoms with Crippen LogP contribution in [0.25, 0.3) is 0 Å². The van der Waals surface area contributed by atoms with Crippen molar-refractivity contribution in [3.8, 4) is 0 Å². The van der Waals surface area contributed by atoms with E-state index in [2.05, 4.69) is 37.5 Å². The summed E-state index contributed by atoms with van der Waals surface area (Å²) in [5, 5.41) is 0. The first-order valence-electron chi connectivity index (χ1n) is 5.07. The summed E-state index contributed by atoms with van der Waals surface area (Å²) in [5.41, 5.74) is 0. The van der Waals surface area contributed by atoms with E-state index in [9.17, 15) is 0 Å². The fourth-order valence-corrected chi connectivity index (χ4v) is 2.90. The van der Waals surface area contributed by atoms with Gasteiger partial charge in [0.25, 0.3) is 0 Å². The van der Waals surface area contributed by atoms with Gasteiger partial charge >= 0.3 is 0 Å². The number of anilines is 1. The Hall–Kier alpha value is -0.100. The molecule has 0 amide bonds. The maximum atomic E-state index is 5.76. The first-order valence-corrected chi connectivity index (χ1v) is 6.69. The third-order valence-electron chi connectivity index (χ3n) is 2.75. The van der Waals surface area contributed by atoms with Gasteiger partial charge in [-0.3, -0.25) is 0 Å². The summed E-state index contributed by atoms with van der Waals surface area (Å²) in [6, 6.07) is 0. The van der Waals surface area contributed by atoms with Crippen LogP contribution in [-0.2, 0) is 0 Å². The monoisotopic (exact) mass is 337 g/mol. The van der Waals surface area contributed by atoms with E-state index < -0.39 is 0 Å². The van der Waals surface area contributed by atoms with Gasteiger partial charge in [0, 0.05) is 25.2 Å². The zero-order valence-corrected chi connectivity index (χ0v) is 11.3. The van der Waals surface area contributed by atoms with E-state index in [1.54, 1.807) is 6.33 Å². The first kappa shape index (κ1) is 11.4. The highest BCUT2D eigenvalue weighted by Gasteiger charge is 2.24. The van der Waals surface area contributed by atoms with Gasteiger partial charge in [-0.05, 0) is 41.4 Å². The van der Waals surface area contributed by atoms with Gasteiger partial charge in [-0.25, -0.2) is 9.97 Å². The standard InChI is InChI=1S/C10H13ClIN3/c11-3-1-8-2-4-15(6-8)10-9(12)5-13-7-14-10/h5,7-8H,1-4,6H2. The molecule has 1 aromatic heterocycles. The van der Waals surface area contributed by atoms with Gasteiger partial charge in [0.15, 0.2) is 0 Å². The average Bonchev–Trinajstić information content (AvgIpc) is 2.68. The summed E-state index contributed by atoms with van der Waals surface area (Å²) < 4.78 is 1.13. The fourth-order valence-electron chi connectivity index (χ4n) is 1.95. The molecule has 82 valence electrons. The third-order valence-corrected chi connectivity index (χ3v) is 3.73. The van der Waals surface area contributed by atoms with Crippen LogP contribution in [0.2, 0.25) is 0 Å². The van der Waals surface area contributed by atoms with Crippen LogP contribution in [0.15, 0.2) is 12.5 Å². The Kier molecular flexibility index (Phi) is 4.02. The number of hydrogen-bond donors (Lipinski definition) is 0. The van der Waals surface area contributed by atoms with Crippen LogP contribution in [0.3, 0.4) is 0 Å².